The van der Waals surface area contributed by atoms with Gasteiger partial charge in [0.15, 0.2) is 0 Å². The Morgan fingerprint density at radius 2 is 1.34 bits per heavy atom. The summed E-state index contributed by atoms with van der Waals surface area (Å²) in [6.07, 6.45) is 0.495. The van der Waals surface area contributed by atoms with Crippen LogP contribution in [-0.2, 0) is 16.0 Å². The molecule has 0 saturated carbocycles. The fraction of sp³-hybridized carbons (Fsp3) is 0.273. The van der Waals surface area contributed by atoms with E-state index in [2.05, 4.69) is 43.3 Å². The Kier molecular flexibility index (Phi) is 24.7. The molecular weight excluding hydrogens is 681 g/mol. The molecule has 0 saturated heterocycles. The first-order chi connectivity index (χ1) is 14.7. The summed E-state index contributed by atoms with van der Waals surface area (Å²) in [5.74, 6) is -2.33. The van der Waals surface area contributed by atoms with Crippen LogP contribution in [0.25, 0.3) is 0 Å². The third kappa shape index (κ3) is 19.1. The molecule has 0 radical (unpaired) electrons. The number of rotatable bonds is 5. The summed E-state index contributed by atoms with van der Waals surface area (Å²) in [6.45, 7) is 1.60. The van der Waals surface area contributed by atoms with Crippen LogP contribution in [0.2, 0.25) is 10.0 Å². The molecule has 0 aliphatic carbocycles. The summed E-state index contributed by atoms with van der Waals surface area (Å²) in [6, 6.07) is 17.9. The number of nitrogens with zero attached hydrogens (tertiary/aromatic N) is 2. The lowest BCUT2D eigenvalue weighted by atomic mass is 9.97. The first kappa shape index (κ1) is 35.0. The van der Waals surface area contributed by atoms with Crippen LogP contribution in [0, 0.1) is 22.7 Å². The maximum Gasteiger partial charge on any atom is 0.305 e. The molecule has 174 valence electrons. The molecular formula is C22H24Cl2I2N2O4. The SMILES string of the molecule is C.CCC(=O)O.II.N#CC(CC(=O)O)c1ccc(Cl)cc1.N#CCc1ccc(Cl)cc1. The quantitative estimate of drug-likeness (QED) is 0.308. The van der Waals surface area contributed by atoms with E-state index in [1.54, 1.807) is 43.3 Å². The summed E-state index contributed by atoms with van der Waals surface area (Å²) in [7, 11) is 0. The van der Waals surface area contributed by atoms with Gasteiger partial charge in [0, 0.05) is 53.7 Å². The van der Waals surface area contributed by atoms with Gasteiger partial charge < -0.3 is 10.2 Å². The van der Waals surface area contributed by atoms with Crippen molar-refractivity contribution in [3.63, 3.8) is 0 Å². The molecule has 0 aliphatic heterocycles. The van der Waals surface area contributed by atoms with Gasteiger partial charge in [-0.25, -0.2) is 0 Å². The van der Waals surface area contributed by atoms with Gasteiger partial charge in [-0.05, 0) is 35.4 Å². The van der Waals surface area contributed by atoms with Gasteiger partial charge in [-0.15, -0.1) is 0 Å². The van der Waals surface area contributed by atoms with Crippen LogP contribution in [0.15, 0.2) is 48.5 Å². The molecule has 0 aromatic heterocycles. The second kappa shape index (κ2) is 22.6. The number of aliphatic carboxylic acids is 2. The van der Waals surface area contributed by atoms with Crippen molar-refractivity contribution in [1.82, 2.24) is 0 Å². The second-order valence-electron chi connectivity index (χ2n) is 5.54. The molecule has 2 rings (SSSR count). The summed E-state index contributed by atoms with van der Waals surface area (Å²) >= 11 is 15.5. The van der Waals surface area contributed by atoms with E-state index in [1.165, 1.54) is 0 Å². The summed E-state index contributed by atoms with van der Waals surface area (Å²) in [5, 5.41) is 34.6. The van der Waals surface area contributed by atoms with Crippen LogP contribution >= 0.6 is 60.4 Å². The molecule has 0 fully saturated rings. The Morgan fingerprint density at radius 1 is 0.938 bits per heavy atom. The van der Waals surface area contributed by atoms with Crippen molar-refractivity contribution in [1.29, 1.82) is 10.5 Å². The van der Waals surface area contributed by atoms with Gasteiger partial charge in [0.25, 0.3) is 0 Å². The fourth-order valence-electron chi connectivity index (χ4n) is 1.80. The monoisotopic (exact) mass is 704 g/mol. The highest BCUT2D eigenvalue weighted by molar-refractivity contribution is 15.0. The maximum atomic E-state index is 10.4. The molecule has 10 heteroatoms. The van der Waals surface area contributed by atoms with E-state index in [1.807, 2.05) is 18.2 Å². The molecule has 6 nitrogen and oxygen atoms in total. The highest BCUT2D eigenvalue weighted by Crippen LogP contribution is 2.20. The van der Waals surface area contributed by atoms with E-state index < -0.39 is 17.9 Å². The van der Waals surface area contributed by atoms with Crippen molar-refractivity contribution in [2.75, 3.05) is 0 Å². The molecule has 0 bridgehead atoms. The van der Waals surface area contributed by atoms with E-state index in [0.29, 0.717) is 22.0 Å². The molecule has 1 atom stereocenters. The first-order valence-electron chi connectivity index (χ1n) is 8.57. The first-order valence-corrected chi connectivity index (χ1v) is 15.6. The van der Waals surface area contributed by atoms with Crippen LogP contribution in [-0.4, -0.2) is 22.2 Å². The number of nitriles is 2. The molecule has 0 heterocycles. The van der Waals surface area contributed by atoms with E-state index >= 15 is 0 Å². The lowest BCUT2D eigenvalue weighted by Gasteiger charge is -2.05. The van der Waals surface area contributed by atoms with Gasteiger partial charge in [0.05, 0.1) is 30.9 Å². The van der Waals surface area contributed by atoms with Crippen molar-refractivity contribution in [3.05, 3.63) is 69.7 Å². The van der Waals surface area contributed by atoms with Crippen molar-refractivity contribution < 1.29 is 19.8 Å². The number of carboxylic acid groups (broad SMARTS) is 2. The minimum Gasteiger partial charge on any atom is -0.481 e. The van der Waals surface area contributed by atoms with Gasteiger partial charge in [-0.3, -0.25) is 9.59 Å². The molecule has 1 unspecified atom stereocenters. The van der Waals surface area contributed by atoms with Crippen molar-refractivity contribution in [3.8, 4) is 12.1 Å². The molecule has 0 aliphatic rings. The standard InChI is InChI=1S/C10H8ClNO2.C8H6ClN.C3H6O2.CH4.I2/c11-9-3-1-7(2-4-9)8(6-12)5-10(13)14;9-8-3-1-7(2-4-8)5-6-10;1-2-3(4)5;;1-2/h1-4,8H,5H2,(H,13,14);1-4H,5H2;2H2,1H3,(H,4,5);1H4;. The number of carboxylic acids is 2. The number of hydrogen-bond donors (Lipinski definition) is 2. The van der Waals surface area contributed by atoms with E-state index in [9.17, 15) is 9.59 Å². The highest BCUT2D eigenvalue weighted by Gasteiger charge is 2.14. The predicted molar refractivity (Wildman–Crippen MR) is 146 cm³/mol. The topological polar surface area (TPSA) is 122 Å². The Balaban J connectivity index is -0.000000410. The van der Waals surface area contributed by atoms with Crippen LogP contribution in [0.5, 0.6) is 0 Å². The highest BCUT2D eigenvalue weighted by atomic mass is 128. The Bertz CT molecular complexity index is 865. The minimum atomic E-state index is -0.980. The molecule has 2 aromatic carbocycles. The van der Waals surface area contributed by atoms with Gasteiger partial charge in [0.1, 0.15) is 0 Å². The third-order valence-electron chi connectivity index (χ3n) is 3.31. The van der Waals surface area contributed by atoms with E-state index in [-0.39, 0.29) is 20.3 Å². The zero-order valence-electron chi connectivity index (χ0n) is 16.4. The van der Waals surface area contributed by atoms with Crippen molar-refractivity contribution in [2.24, 2.45) is 0 Å². The number of hydrogen-bond acceptors (Lipinski definition) is 4. The Morgan fingerprint density at radius 3 is 1.66 bits per heavy atom. The predicted octanol–water partition coefficient (Wildman–Crippen LogP) is 7.72. The minimum absolute atomic E-state index is 0. The van der Waals surface area contributed by atoms with Gasteiger partial charge in [-0.2, -0.15) is 10.5 Å². The van der Waals surface area contributed by atoms with Gasteiger partial charge in [-0.1, -0.05) is 61.8 Å². The summed E-state index contributed by atoms with van der Waals surface area (Å²) < 4.78 is 0. The maximum absolute atomic E-state index is 10.4. The van der Waals surface area contributed by atoms with Gasteiger partial charge >= 0.3 is 11.9 Å². The average molecular weight is 705 g/mol. The largest absolute Gasteiger partial charge is 0.481 e. The summed E-state index contributed by atoms with van der Waals surface area (Å²) in [4.78, 5) is 19.8. The lowest BCUT2D eigenvalue weighted by Crippen LogP contribution is -2.04. The fourth-order valence-corrected chi connectivity index (χ4v) is 2.05. The number of carbonyl (C=O) groups is 2. The van der Waals surface area contributed by atoms with Crippen LogP contribution < -0.4 is 0 Å². The van der Waals surface area contributed by atoms with E-state index in [0.717, 1.165) is 5.56 Å². The molecule has 0 amide bonds. The Labute approximate surface area is 222 Å². The lowest BCUT2D eigenvalue weighted by molar-refractivity contribution is -0.137. The third-order valence-corrected chi connectivity index (χ3v) is 3.81. The van der Waals surface area contributed by atoms with Gasteiger partial charge in [0.2, 0.25) is 0 Å². The number of benzene rings is 2. The zero-order valence-corrected chi connectivity index (χ0v) is 22.3. The number of halogens is 4. The summed E-state index contributed by atoms with van der Waals surface area (Å²) in [5.41, 5.74) is 1.69. The van der Waals surface area contributed by atoms with Crippen molar-refractivity contribution >= 4 is 72.4 Å². The Hall–Kier alpha value is -1.60. The normalized spacial score (nSPS) is 9.22. The van der Waals surface area contributed by atoms with Crippen LogP contribution in [0.1, 0.15) is 44.2 Å². The molecule has 2 aromatic rings. The molecule has 0 spiro atoms. The smallest absolute Gasteiger partial charge is 0.305 e. The van der Waals surface area contributed by atoms with E-state index in [4.69, 9.17) is 43.9 Å². The van der Waals surface area contributed by atoms with Crippen LogP contribution in [0.4, 0.5) is 0 Å². The molecule has 32 heavy (non-hydrogen) atoms. The zero-order chi connectivity index (χ0) is 24.2. The second-order valence-corrected chi connectivity index (χ2v) is 6.41. The average Bonchev–Trinajstić information content (AvgIpc) is 2.76. The molecule has 2 N–H and O–H groups in total. The van der Waals surface area contributed by atoms with Crippen LogP contribution in [0.3, 0.4) is 0 Å². The van der Waals surface area contributed by atoms with Crippen molar-refractivity contribution in [2.45, 2.75) is 39.5 Å².